The molecule has 0 radical (unpaired) electrons. The Balaban J connectivity index is 2.30. The lowest BCUT2D eigenvalue weighted by atomic mass is 10.0. The van der Waals surface area contributed by atoms with Crippen LogP contribution in [0, 0.1) is 5.82 Å². The van der Waals surface area contributed by atoms with E-state index in [1.807, 2.05) is 0 Å². The van der Waals surface area contributed by atoms with Crippen molar-refractivity contribution in [3.63, 3.8) is 0 Å². The molecule has 3 N–H and O–H groups in total. The molecule has 2 rings (SSSR count). The second-order valence-corrected chi connectivity index (χ2v) is 4.12. The molecule has 0 aliphatic rings. The Morgan fingerprint density at radius 1 is 1.19 bits per heavy atom. The molecule has 4 nitrogen and oxygen atoms in total. The van der Waals surface area contributed by atoms with Crippen LogP contribution in [0.2, 0.25) is 0 Å². The van der Waals surface area contributed by atoms with E-state index in [9.17, 15) is 17.6 Å². The monoisotopic (exact) mass is 301 g/mol. The number of nitrogens with one attached hydrogen (secondary N) is 1. The van der Waals surface area contributed by atoms with Crippen molar-refractivity contribution in [2.45, 2.75) is 12.4 Å². The van der Waals surface area contributed by atoms with Gasteiger partial charge in [0.25, 0.3) is 0 Å². The molecule has 0 aliphatic heterocycles. The highest BCUT2D eigenvalue weighted by atomic mass is 19.4. The van der Waals surface area contributed by atoms with Gasteiger partial charge in [0.1, 0.15) is 11.6 Å². The first-order valence-electron chi connectivity index (χ1n) is 5.82. The van der Waals surface area contributed by atoms with Crippen LogP contribution in [-0.4, -0.2) is 11.3 Å². The maximum Gasteiger partial charge on any atom is 0.573 e. The minimum absolute atomic E-state index is 0.364. The van der Waals surface area contributed by atoms with Crippen LogP contribution < -0.4 is 16.0 Å². The van der Waals surface area contributed by atoms with Crippen molar-refractivity contribution in [1.82, 2.24) is 10.4 Å². The number of nitrogens with two attached hydrogens (primary N) is 1. The minimum Gasteiger partial charge on any atom is -0.406 e. The summed E-state index contributed by atoms with van der Waals surface area (Å²) >= 11 is 0. The Labute approximate surface area is 117 Å². The Morgan fingerprint density at radius 3 is 2.52 bits per heavy atom. The summed E-state index contributed by atoms with van der Waals surface area (Å²) in [5.74, 6) is 4.51. The number of hydrogen-bond donors (Lipinski definition) is 2. The van der Waals surface area contributed by atoms with Crippen LogP contribution in [0.1, 0.15) is 17.3 Å². The van der Waals surface area contributed by atoms with E-state index >= 15 is 0 Å². The van der Waals surface area contributed by atoms with Gasteiger partial charge in [0, 0.05) is 0 Å². The highest BCUT2D eigenvalue weighted by molar-refractivity contribution is 5.34. The molecule has 8 heteroatoms. The van der Waals surface area contributed by atoms with Gasteiger partial charge in [0.15, 0.2) is 0 Å². The average molecular weight is 301 g/mol. The fourth-order valence-corrected chi connectivity index (χ4v) is 1.80. The number of alkyl halides is 3. The van der Waals surface area contributed by atoms with Gasteiger partial charge in [-0.2, -0.15) is 0 Å². The maximum absolute atomic E-state index is 12.8. The fourth-order valence-electron chi connectivity index (χ4n) is 1.80. The first-order valence-corrected chi connectivity index (χ1v) is 5.82. The van der Waals surface area contributed by atoms with E-state index in [2.05, 4.69) is 15.1 Å². The molecular weight excluding hydrogens is 290 g/mol. The molecule has 0 amide bonds. The van der Waals surface area contributed by atoms with Crippen molar-refractivity contribution in [3.05, 3.63) is 59.7 Å². The predicted molar refractivity (Wildman–Crippen MR) is 66.5 cm³/mol. The summed E-state index contributed by atoms with van der Waals surface area (Å²) in [4.78, 5) is 3.85. The third-order valence-corrected chi connectivity index (χ3v) is 2.64. The fraction of sp³-hybridized carbons (Fsp3) is 0.154. The number of hydrazine groups is 1. The molecule has 112 valence electrons. The summed E-state index contributed by atoms with van der Waals surface area (Å²) in [5, 5.41) is 0. The lowest BCUT2D eigenvalue weighted by Gasteiger charge is -2.17. The van der Waals surface area contributed by atoms with E-state index in [4.69, 9.17) is 5.84 Å². The quantitative estimate of drug-likeness (QED) is 0.518. The molecule has 0 fully saturated rings. The van der Waals surface area contributed by atoms with Crippen molar-refractivity contribution in [3.8, 4) is 5.75 Å². The van der Waals surface area contributed by atoms with Crippen molar-refractivity contribution in [2.24, 2.45) is 5.84 Å². The second kappa shape index (κ2) is 6.06. The summed E-state index contributed by atoms with van der Waals surface area (Å²) in [6.07, 6.45) is -3.78. The zero-order valence-corrected chi connectivity index (χ0v) is 10.6. The molecule has 1 heterocycles. The summed E-state index contributed by atoms with van der Waals surface area (Å²) < 4.78 is 53.3. The third-order valence-electron chi connectivity index (χ3n) is 2.64. The summed E-state index contributed by atoms with van der Waals surface area (Å²) in [5.41, 5.74) is 3.19. The lowest BCUT2D eigenvalue weighted by molar-refractivity contribution is -0.274. The highest BCUT2D eigenvalue weighted by Gasteiger charge is 2.31. The Kier molecular flexibility index (Phi) is 4.39. The Hall–Kier alpha value is -2.19. The molecule has 0 aliphatic carbocycles. The van der Waals surface area contributed by atoms with Crippen molar-refractivity contribution in [2.75, 3.05) is 0 Å². The van der Waals surface area contributed by atoms with Gasteiger partial charge in [-0.25, -0.2) is 9.82 Å². The molecule has 1 aromatic heterocycles. The first kappa shape index (κ1) is 15.2. The lowest BCUT2D eigenvalue weighted by Crippen LogP contribution is -2.29. The molecule has 0 bridgehead atoms. The maximum atomic E-state index is 12.8. The van der Waals surface area contributed by atoms with Crippen LogP contribution >= 0.6 is 0 Å². The second-order valence-electron chi connectivity index (χ2n) is 4.12. The number of rotatable bonds is 4. The molecule has 0 spiro atoms. The Bertz CT molecular complexity index is 601. The van der Waals surface area contributed by atoms with E-state index in [1.165, 1.54) is 30.3 Å². The van der Waals surface area contributed by atoms with E-state index in [-0.39, 0.29) is 5.75 Å². The topological polar surface area (TPSA) is 60.2 Å². The minimum atomic E-state index is -4.78. The molecule has 0 saturated carbocycles. The van der Waals surface area contributed by atoms with Gasteiger partial charge in [0.05, 0.1) is 17.9 Å². The van der Waals surface area contributed by atoms with Gasteiger partial charge < -0.3 is 4.74 Å². The van der Waals surface area contributed by atoms with Crippen LogP contribution in [-0.2, 0) is 0 Å². The average Bonchev–Trinajstić information content (AvgIpc) is 2.40. The van der Waals surface area contributed by atoms with Crippen LogP contribution in [0.4, 0.5) is 17.6 Å². The molecule has 2 aromatic rings. The number of benzene rings is 1. The van der Waals surface area contributed by atoms with Crippen molar-refractivity contribution >= 4 is 0 Å². The number of pyridine rings is 1. The molecular formula is C13H11F4N3O. The van der Waals surface area contributed by atoms with E-state index in [0.717, 1.165) is 6.20 Å². The first-order chi connectivity index (χ1) is 9.89. The van der Waals surface area contributed by atoms with Crippen LogP contribution in [0.25, 0.3) is 0 Å². The van der Waals surface area contributed by atoms with Crippen LogP contribution in [0.3, 0.4) is 0 Å². The van der Waals surface area contributed by atoms with Gasteiger partial charge in [-0.3, -0.25) is 10.8 Å². The van der Waals surface area contributed by atoms with Gasteiger partial charge in [-0.15, -0.1) is 13.2 Å². The van der Waals surface area contributed by atoms with Crippen LogP contribution in [0.15, 0.2) is 42.6 Å². The van der Waals surface area contributed by atoms with Gasteiger partial charge >= 0.3 is 6.36 Å². The number of aromatic nitrogens is 1. The van der Waals surface area contributed by atoms with E-state index in [1.54, 1.807) is 6.07 Å². The summed E-state index contributed by atoms with van der Waals surface area (Å²) in [6, 6.07) is 7.18. The SMILES string of the molecule is NNC(c1cccc(OC(F)(F)F)c1)c1ccc(F)cn1. The van der Waals surface area contributed by atoms with Crippen LogP contribution in [0.5, 0.6) is 5.75 Å². The smallest absolute Gasteiger partial charge is 0.406 e. The number of ether oxygens (including phenoxy) is 1. The molecule has 1 aromatic carbocycles. The standard InChI is InChI=1S/C13H11F4N3O/c14-9-4-5-11(19-7-9)12(20-18)8-2-1-3-10(6-8)21-13(15,16)17/h1-7,12,20H,18H2. The van der Waals surface area contributed by atoms with Gasteiger partial charge in [0.2, 0.25) is 0 Å². The molecule has 1 atom stereocenters. The number of halogens is 4. The van der Waals surface area contributed by atoms with Crippen molar-refractivity contribution < 1.29 is 22.3 Å². The van der Waals surface area contributed by atoms with E-state index in [0.29, 0.717) is 11.3 Å². The molecule has 21 heavy (non-hydrogen) atoms. The largest absolute Gasteiger partial charge is 0.573 e. The summed E-state index contributed by atoms with van der Waals surface area (Å²) in [7, 11) is 0. The normalized spacial score (nSPS) is 13.0. The number of hydrogen-bond acceptors (Lipinski definition) is 4. The third kappa shape index (κ3) is 4.14. The number of nitrogens with zero attached hydrogens (tertiary/aromatic N) is 1. The predicted octanol–water partition coefficient (Wildman–Crippen LogP) is 2.67. The van der Waals surface area contributed by atoms with Crippen molar-refractivity contribution in [1.29, 1.82) is 0 Å². The van der Waals surface area contributed by atoms with Gasteiger partial charge in [-0.05, 0) is 29.8 Å². The van der Waals surface area contributed by atoms with Gasteiger partial charge in [-0.1, -0.05) is 12.1 Å². The van der Waals surface area contributed by atoms with E-state index < -0.39 is 18.2 Å². The zero-order chi connectivity index (χ0) is 15.5. The summed E-state index contributed by atoms with van der Waals surface area (Å²) in [6.45, 7) is 0. The molecule has 1 unspecified atom stereocenters. The molecule has 0 saturated heterocycles. The Morgan fingerprint density at radius 2 is 1.95 bits per heavy atom. The zero-order valence-electron chi connectivity index (χ0n) is 10.6. The highest BCUT2D eigenvalue weighted by Crippen LogP contribution is 2.27.